The van der Waals surface area contributed by atoms with E-state index >= 15 is 0 Å². The van der Waals surface area contributed by atoms with Gasteiger partial charge in [-0.25, -0.2) is 5.53 Å². The van der Waals surface area contributed by atoms with Crippen LogP contribution in [0.5, 0.6) is 0 Å². The zero-order chi connectivity index (χ0) is 20.9. The van der Waals surface area contributed by atoms with E-state index in [9.17, 15) is 5.26 Å². The third-order valence-corrected chi connectivity index (χ3v) is 5.73. The molecule has 0 spiro atoms. The van der Waals surface area contributed by atoms with Gasteiger partial charge in [0.25, 0.3) is 0 Å². The largest absolute Gasteiger partial charge is 0.383 e. The van der Waals surface area contributed by atoms with Gasteiger partial charge in [0.1, 0.15) is 0 Å². The van der Waals surface area contributed by atoms with Crippen molar-refractivity contribution in [2.75, 3.05) is 25.0 Å². The molecule has 152 valence electrons. The number of nitriles is 1. The lowest BCUT2D eigenvalue weighted by atomic mass is 9.91. The summed E-state index contributed by atoms with van der Waals surface area (Å²) in [5.74, 6) is 0. The average Bonchev–Trinajstić information content (AvgIpc) is 2.98. The smallest absolute Gasteiger partial charge is 0.0992 e. The highest BCUT2D eigenvalue weighted by Gasteiger charge is 2.24. The standard InChI is InChI=1S/C24H26N6/c1-16(30-26)24-21-6-5-19(18-7-10-27-11-8-18)14-22(21)23(9-12-28-24)29-20-4-2-3-17(13-20)15-25/h2-7,13-14,23,26-29H,8-12H2,1H3/b24-16-,30-26?. The van der Waals surface area contributed by atoms with Gasteiger partial charge < -0.3 is 16.0 Å². The number of allylic oxidation sites excluding steroid dienone is 1. The predicted molar refractivity (Wildman–Crippen MR) is 120 cm³/mol. The molecule has 0 amide bonds. The van der Waals surface area contributed by atoms with E-state index in [-0.39, 0.29) is 6.04 Å². The van der Waals surface area contributed by atoms with E-state index in [4.69, 9.17) is 5.53 Å². The number of rotatable bonds is 4. The molecule has 1 atom stereocenters. The second-order valence-electron chi connectivity index (χ2n) is 7.66. The van der Waals surface area contributed by atoms with Crippen molar-refractivity contribution in [1.29, 1.82) is 10.8 Å². The van der Waals surface area contributed by atoms with Gasteiger partial charge in [0.05, 0.1) is 29.1 Å². The Kier molecular flexibility index (Phi) is 5.92. The Hall–Kier alpha value is -3.43. The van der Waals surface area contributed by atoms with Gasteiger partial charge in [0, 0.05) is 24.3 Å². The molecule has 0 fully saturated rings. The van der Waals surface area contributed by atoms with Crippen molar-refractivity contribution in [2.24, 2.45) is 5.11 Å². The normalized spacial score (nSPS) is 20.0. The maximum atomic E-state index is 9.24. The van der Waals surface area contributed by atoms with E-state index in [1.54, 1.807) is 0 Å². The Balaban J connectivity index is 1.79. The van der Waals surface area contributed by atoms with E-state index in [0.717, 1.165) is 49.4 Å². The van der Waals surface area contributed by atoms with Crippen LogP contribution in [0, 0.1) is 16.9 Å². The molecule has 4 N–H and O–H groups in total. The molecule has 0 radical (unpaired) electrons. The van der Waals surface area contributed by atoms with Gasteiger partial charge in [-0.05, 0) is 67.3 Å². The summed E-state index contributed by atoms with van der Waals surface area (Å²) in [5, 5.41) is 23.4. The molecule has 0 saturated heterocycles. The van der Waals surface area contributed by atoms with Crippen LogP contribution in [0.15, 0.2) is 59.4 Å². The van der Waals surface area contributed by atoms with Crippen LogP contribution >= 0.6 is 0 Å². The van der Waals surface area contributed by atoms with Crippen LogP contribution in [0.1, 0.15) is 48.1 Å². The maximum Gasteiger partial charge on any atom is 0.0992 e. The Morgan fingerprint density at radius 3 is 2.90 bits per heavy atom. The van der Waals surface area contributed by atoms with Gasteiger partial charge in [-0.1, -0.05) is 24.3 Å². The lowest BCUT2D eigenvalue weighted by molar-refractivity contribution is 0.682. The van der Waals surface area contributed by atoms with Gasteiger partial charge in [-0.15, -0.1) is 0 Å². The van der Waals surface area contributed by atoms with Crippen LogP contribution in [0.2, 0.25) is 0 Å². The van der Waals surface area contributed by atoms with Crippen LogP contribution in [0.4, 0.5) is 5.69 Å². The first-order valence-corrected chi connectivity index (χ1v) is 10.3. The summed E-state index contributed by atoms with van der Waals surface area (Å²) < 4.78 is 0. The summed E-state index contributed by atoms with van der Waals surface area (Å²) in [5.41, 5.74) is 15.6. The minimum Gasteiger partial charge on any atom is -0.383 e. The van der Waals surface area contributed by atoms with Crippen molar-refractivity contribution in [3.8, 4) is 6.07 Å². The molecule has 2 aliphatic rings. The number of benzene rings is 2. The highest BCUT2D eigenvalue weighted by Crippen LogP contribution is 2.35. The second kappa shape index (κ2) is 8.93. The minimum atomic E-state index is 0.0831. The third-order valence-electron chi connectivity index (χ3n) is 5.73. The lowest BCUT2D eigenvalue weighted by Gasteiger charge is -2.23. The molecule has 0 bridgehead atoms. The van der Waals surface area contributed by atoms with E-state index < -0.39 is 0 Å². The van der Waals surface area contributed by atoms with Crippen molar-refractivity contribution >= 4 is 17.0 Å². The molecule has 2 aliphatic heterocycles. The summed E-state index contributed by atoms with van der Waals surface area (Å²) in [6.45, 7) is 4.54. The van der Waals surface area contributed by atoms with E-state index in [1.165, 1.54) is 16.7 Å². The molecular formula is C24H26N6. The van der Waals surface area contributed by atoms with E-state index in [0.29, 0.717) is 11.3 Å². The Morgan fingerprint density at radius 1 is 1.23 bits per heavy atom. The Morgan fingerprint density at radius 2 is 2.13 bits per heavy atom. The number of anilines is 1. The molecule has 6 heteroatoms. The number of nitrogens with zero attached hydrogens (tertiary/aromatic N) is 2. The number of nitrogens with one attached hydrogen (secondary N) is 4. The fraction of sp³-hybridized carbons (Fsp3) is 0.292. The van der Waals surface area contributed by atoms with Gasteiger partial charge in [0.15, 0.2) is 0 Å². The topological polar surface area (TPSA) is 96.1 Å². The highest BCUT2D eigenvalue weighted by atomic mass is 15.0. The molecule has 2 heterocycles. The van der Waals surface area contributed by atoms with Crippen molar-refractivity contribution in [1.82, 2.24) is 10.6 Å². The maximum absolute atomic E-state index is 9.24. The number of hydrogen-bond donors (Lipinski definition) is 4. The summed E-state index contributed by atoms with van der Waals surface area (Å²) in [4.78, 5) is 0. The molecule has 2 aromatic rings. The SMILES string of the molecule is C/C(N=N)=C1/NCCC(Nc2cccc(C#N)c2)c2cc(C3=CCNCC3)ccc21. The van der Waals surface area contributed by atoms with Crippen LogP contribution in [-0.4, -0.2) is 19.6 Å². The predicted octanol–water partition coefficient (Wildman–Crippen LogP) is 4.80. The third kappa shape index (κ3) is 4.12. The monoisotopic (exact) mass is 398 g/mol. The molecular weight excluding hydrogens is 372 g/mol. The molecule has 0 saturated carbocycles. The first kappa shape index (κ1) is 19.9. The number of hydrogen-bond acceptors (Lipinski definition) is 6. The zero-order valence-corrected chi connectivity index (χ0v) is 17.1. The van der Waals surface area contributed by atoms with Crippen molar-refractivity contribution in [3.05, 3.63) is 76.5 Å². The minimum absolute atomic E-state index is 0.0831. The van der Waals surface area contributed by atoms with Crippen LogP contribution < -0.4 is 16.0 Å². The van der Waals surface area contributed by atoms with E-state index in [2.05, 4.69) is 51.4 Å². The Bertz CT molecular complexity index is 1060. The first-order chi connectivity index (χ1) is 14.7. The molecule has 6 nitrogen and oxygen atoms in total. The highest BCUT2D eigenvalue weighted by molar-refractivity contribution is 5.75. The van der Waals surface area contributed by atoms with Crippen LogP contribution in [0.3, 0.4) is 0 Å². The van der Waals surface area contributed by atoms with Crippen LogP contribution in [-0.2, 0) is 0 Å². The van der Waals surface area contributed by atoms with Crippen molar-refractivity contribution < 1.29 is 0 Å². The molecule has 2 aromatic carbocycles. The number of fused-ring (bicyclic) bond motifs is 1. The first-order valence-electron chi connectivity index (χ1n) is 10.3. The van der Waals surface area contributed by atoms with Crippen molar-refractivity contribution in [2.45, 2.75) is 25.8 Å². The fourth-order valence-corrected chi connectivity index (χ4v) is 4.16. The van der Waals surface area contributed by atoms with Crippen molar-refractivity contribution in [3.63, 3.8) is 0 Å². The van der Waals surface area contributed by atoms with Crippen LogP contribution in [0.25, 0.3) is 11.3 Å². The van der Waals surface area contributed by atoms with Gasteiger partial charge in [-0.3, -0.25) is 0 Å². The quantitative estimate of drug-likeness (QED) is 0.556. The molecule has 0 aliphatic carbocycles. The fourth-order valence-electron chi connectivity index (χ4n) is 4.16. The Labute approximate surface area is 177 Å². The van der Waals surface area contributed by atoms with Gasteiger partial charge in [-0.2, -0.15) is 10.4 Å². The summed E-state index contributed by atoms with van der Waals surface area (Å²) in [7, 11) is 0. The molecule has 30 heavy (non-hydrogen) atoms. The van der Waals surface area contributed by atoms with E-state index in [1.807, 2.05) is 31.2 Å². The molecule has 0 aromatic heterocycles. The lowest BCUT2D eigenvalue weighted by Crippen LogP contribution is -2.20. The molecule has 1 unspecified atom stereocenters. The summed E-state index contributed by atoms with van der Waals surface area (Å²) in [6, 6.07) is 16.5. The van der Waals surface area contributed by atoms with Gasteiger partial charge in [0.2, 0.25) is 0 Å². The average molecular weight is 399 g/mol. The van der Waals surface area contributed by atoms with Gasteiger partial charge >= 0.3 is 0 Å². The summed E-state index contributed by atoms with van der Waals surface area (Å²) >= 11 is 0. The zero-order valence-electron chi connectivity index (χ0n) is 17.1. The summed E-state index contributed by atoms with van der Waals surface area (Å²) in [6.07, 6.45) is 4.16. The molecule has 4 rings (SSSR count). The second-order valence-corrected chi connectivity index (χ2v) is 7.66.